The molecule has 1 heterocycles. The van der Waals surface area contributed by atoms with Crippen molar-refractivity contribution in [3.63, 3.8) is 0 Å². The summed E-state index contributed by atoms with van der Waals surface area (Å²) in [6.07, 6.45) is 3.78. The van der Waals surface area contributed by atoms with Crippen molar-refractivity contribution in [3.05, 3.63) is 48.3 Å². The van der Waals surface area contributed by atoms with Gasteiger partial charge < -0.3 is 16.0 Å². The molecule has 0 saturated heterocycles. The van der Waals surface area contributed by atoms with Crippen molar-refractivity contribution < 1.29 is 9.59 Å². The van der Waals surface area contributed by atoms with E-state index < -0.39 is 0 Å². The standard InChI is InChI=1S/C18H22N4O2/c1-3-4-9-19-14-8-10-20-17(12-14)18(24)22-16-7-5-6-15(11-16)21-13(2)23/h5-8,10-12H,3-4,9H2,1-2H3,(H,19,20)(H,21,23)(H,22,24). The Kier molecular flexibility index (Phi) is 6.31. The highest BCUT2D eigenvalue weighted by molar-refractivity contribution is 6.03. The monoisotopic (exact) mass is 326 g/mol. The number of carbonyl (C=O) groups is 2. The van der Waals surface area contributed by atoms with E-state index in [4.69, 9.17) is 0 Å². The first kappa shape index (κ1) is 17.5. The molecule has 24 heavy (non-hydrogen) atoms. The second-order valence-corrected chi connectivity index (χ2v) is 5.43. The number of carbonyl (C=O) groups excluding carboxylic acids is 2. The van der Waals surface area contributed by atoms with Crippen LogP contribution < -0.4 is 16.0 Å². The van der Waals surface area contributed by atoms with Gasteiger partial charge in [0.25, 0.3) is 5.91 Å². The molecule has 0 atom stereocenters. The van der Waals surface area contributed by atoms with E-state index in [2.05, 4.69) is 27.9 Å². The first-order valence-corrected chi connectivity index (χ1v) is 7.97. The lowest BCUT2D eigenvalue weighted by atomic mass is 10.2. The van der Waals surface area contributed by atoms with Gasteiger partial charge in [0, 0.05) is 36.7 Å². The summed E-state index contributed by atoms with van der Waals surface area (Å²) >= 11 is 0. The number of aromatic nitrogens is 1. The van der Waals surface area contributed by atoms with E-state index in [9.17, 15) is 9.59 Å². The van der Waals surface area contributed by atoms with Crippen LogP contribution in [-0.4, -0.2) is 23.3 Å². The summed E-state index contributed by atoms with van der Waals surface area (Å²) in [7, 11) is 0. The molecule has 2 rings (SSSR count). The third-order valence-corrected chi connectivity index (χ3v) is 3.29. The number of hydrogen-bond donors (Lipinski definition) is 3. The molecule has 0 saturated carbocycles. The lowest BCUT2D eigenvalue weighted by Crippen LogP contribution is -2.14. The van der Waals surface area contributed by atoms with Gasteiger partial charge in [0.05, 0.1) is 0 Å². The summed E-state index contributed by atoms with van der Waals surface area (Å²) in [6, 6.07) is 10.5. The van der Waals surface area contributed by atoms with E-state index >= 15 is 0 Å². The van der Waals surface area contributed by atoms with Crippen LogP contribution >= 0.6 is 0 Å². The van der Waals surface area contributed by atoms with Crippen molar-refractivity contribution in [2.75, 3.05) is 22.5 Å². The lowest BCUT2D eigenvalue weighted by Gasteiger charge is -2.09. The number of hydrogen-bond acceptors (Lipinski definition) is 4. The fourth-order valence-corrected chi connectivity index (χ4v) is 2.15. The maximum Gasteiger partial charge on any atom is 0.274 e. The van der Waals surface area contributed by atoms with Crippen LogP contribution in [0, 0.1) is 0 Å². The van der Waals surface area contributed by atoms with Crippen LogP contribution in [0.3, 0.4) is 0 Å². The number of amides is 2. The lowest BCUT2D eigenvalue weighted by molar-refractivity contribution is -0.114. The van der Waals surface area contributed by atoms with Crippen molar-refractivity contribution >= 4 is 28.9 Å². The number of anilines is 3. The zero-order valence-corrected chi connectivity index (χ0v) is 13.9. The zero-order chi connectivity index (χ0) is 17.4. The normalized spacial score (nSPS) is 10.1. The molecule has 1 aromatic carbocycles. The van der Waals surface area contributed by atoms with Crippen LogP contribution in [0.25, 0.3) is 0 Å². The van der Waals surface area contributed by atoms with Gasteiger partial charge >= 0.3 is 0 Å². The van der Waals surface area contributed by atoms with Crippen LogP contribution in [0.5, 0.6) is 0 Å². The van der Waals surface area contributed by atoms with Gasteiger partial charge in [0.2, 0.25) is 5.91 Å². The van der Waals surface area contributed by atoms with Crippen molar-refractivity contribution in [2.45, 2.75) is 26.7 Å². The van der Waals surface area contributed by atoms with E-state index in [-0.39, 0.29) is 11.8 Å². The molecule has 0 radical (unpaired) electrons. The minimum absolute atomic E-state index is 0.161. The Morgan fingerprint density at radius 2 is 1.79 bits per heavy atom. The number of unbranched alkanes of at least 4 members (excludes halogenated alkanes) is 1. The van der Waals surface area contributed by atoms with Gasteiger partial charge in [0.1, 0.15) is 5.69 Å². The molecule has 0 spiro atoms. The van der Waals surface area contributed by atoms with E-state index in [1.54, 1.807) is 36.5 Å². The summed E-state index contributed by atoms with van der Waals surface area (Å²) in [4.78, 5) is 27.6. The van der Waals surface area contributed by atoms with Crippen LogP contribution in [0.2, 0.25) is 0 Å². The molecule has 3 N–H and O–H groups in total. The molecule has 0 bridgehead atoms. The van der Waals surface area contributed by atoms with Crippen LogP contribution in [0.4, 0.5) is 17.1 Å². The van der Waals surface area contributed by atoms with Crippen molar-refractivity contribution in [1.29, 1.82) is 0 Å². The molecule has 126 valence electrons. The highest BCUT2D eigenvalue weighted by Gasteiger charge is 2.09. The largest absolute Gasteiger partial charge is 0.385 e. The van der Waals surface area contributed by atoms with E-state index in [1.165, 1.54) is 6.92 Å². The average Bonchev–Trinajstić information content (AvgIpc) is 2.55. The van der Waals surface area contributed by atoms with Gasteiger partial charge in [0.15, 0.2) is 0 Å². The molecule has 0 fully saturated rings. The van der Waals surface area contributed by atoms with Crippen molar-refractivity contribution in [3.8, 4) is 0 Å². The van der Waals surface area contributed by atoms with Gasteiger partial charge in [-0.05, 0) is 36.8 Å². The molecule has 2 amide bonds. The van der Waals surface area contributed by atoms with Gasteiger partial charge in [-0.1, -0.05) is 19.4 Å². The molecular weight excluding hydrogens is 304 g/mol. The number of nitrogens with one attached hydrogen (secondary N) is 3. The number of benzene rings is 1. The van der Waals surface area contributed by atoms with Gasteiger partial charge in [-0.25, -0.2) is 0 Å². The van der Waals surface area contributed by atoms with Crippen LogP contribution in [0.15, 0.2) is 42.6 Å². The van der Waals surface area contributed by atoms with Gasteiger partial charge in [-0.3, -0.25) is 14.6 Å². The minimum atomic E-state index is -0.297. The van der Waals surface area contributed by atoms with Crippen LogP contribution in [0.1, 0.15) is 37.2 Å². The first-order valence-electron chi connectivity index (χ1n) is 7.97. The Bertz CT molecular complexity index is 716. The van der Waals surface area contributed by atoms with Gasteiger partial charge in [-0.2, -0.15) is 0 Å². The van der Waals surface area contributed by atoms with E-state index in [0.29, 0.717) is 17.1 Å². The molecule has 6 heteroatoms. The number of rotatable bonds is 7. The molecule has 0 aliphatic rings. The Labute approximate surface area is 141 Å². The second kappa shape index (κ2) is 8.67. The van der Waals surface area contributed by atoms with E-state index in [0.717, 1.165) is 25.1 Å². The van der Waals surface area contributed by atoms with E-state index in [1.807, 2.05) is 6.07 Å². The summed E-state index contributed by atoms with van der Waals surface area (Å²) in [6.45, 7) is 4.43. The zero-order valence-electron chi connectivity index (χ0n) is 13.9. The summed E-state index contributed by atoms with van der Waals surface area (Å²) in [5, 5.41) is 8.73. The SMILES string of the molecule is CCCCNc1ccnc(C(=O)Nc2cccc(NC(C)=O)c2)c1. The predicted octanol–water partition coefficient (Wildman–Crippen LogP) is 3.50. The topological polar surface area (TPSA) is 83.1 Å². The summed E-state index contributed by atoms with van der Waals surface area (Å²) < 4.78 is 0. The molecule has 0 aliphatic carbocycles. The van der Waals surface area contributed by atoms with Crippen molar-refractivity contribution in [2.24, 2.45) is 0 Å². The van der Waals surface area contributed by atoms with Crippen molar-refractivity contribution in [1.82, 2.24) is 4.98 Å². The fraction of sp³-hybridized carbons (Fsp3) is 0.278. The maximum absolute atomic E-state index is 12.3. The number of nitrogens with zero attached hydrogens (tertiary/aromatic N) is 1. The maximum atomic E-state index is 12.3. The Balaban J connectivity index is 2.04. The summed E-state index contributed by atoms with van der Waals surface area (Å²) in [5.74, 6) is -0.458. The molecule has 0 unspecified atom stereocenters. The van der Waals surface area contributed by atoms with Crippen LogP contribution in [-0.2, 0) is 4.79 Å². The van der Waals surface area contributed by atoms with Gasteiger partial charge in [-0.15, -0.1) is 0 Å². The Morgan fingerprint density at radius 3 is 2.50 bits per heavy atom. The third kappa shape index (κ3) is 5.39. The molecule has 0 aliphatic heterocycles. The highest BCUT2D eigenvalue weighted by atomic mass is 16.2. The first-order chi connectivity index (χ1) is 11.6. The average molecular weight is 326 g/mol. The highest BCUT2D eigenvalue weighted by Crippen LogP contribution is 2.16. The summed E-state index contributed by atoms with van der Waals surface area (Å²) in [5.41, 5.74) is 2.43. The predicted molar refractivity (Wildman–Crippen MR) is 96.3 cm³/mol. The minimum Gasteiger partial charge on any atom is -0.385 e. The molecular formula is C18H22N4O2. The molecule has 2 aromatic rings. The molecule has 6 nitrogen and oxygen atoms in total. The Hall–Kier alpha value is -2.89. The smallest absolute Gasteiger partial charge is 0.274 e. The number of pyridine rings is 1. The Morgan fingerprint density at radius 1 is 1.04 bits per heavy atom. The quantitative estimate of drug-likeness (QED) is 0.680. The second-order valence-electron chi connectivity index (χ2n) is 5.43. The third-order valence-electron chi connectivity index (χ3n) is 3.29. The fourth-order valence-electron chi connectivity index (χ4n) is 2.15. The molecule has 1 aromatic heterocycles.